The molecule has 0 fully saturated rings. The Morgan fingerprint density at radius 1 is 1.24 bits per heavy atom. The number of hydrogen-bond acceptors (Lipinski definition) is 5. The lowest BCUT2D eigenvalue weighted by molar-refractivity contribution is -0.384. The van der Waals surface area contributed by atoms with Crippen LogP contribution >= 0.6 is 11.8 Å². The maximum atomic E-state index is 10.8. The average molecular weight is 303 g/mol. The van der Waals surface area contributed by atoms with Gasteiger partial charge in [-0.1, -0.05) is 30.3 Å². The molecule has 0 aliphatic carbocycles. The van der Waals surface area contributed by atoms with Gasteiger partial charge in [-0.15, -0.1) is 0 Å². The molecule has 2 aromatic rings. The van der Waals surface area contributed by atoms with E-state index in [1.54, 1.807) is 23.9 Å². The first-order valence-electron chi connectivity index (χ1n) is 6.48. The number of nitrogens with one attached hydrogen (secondary N) is 1. The van der Waals surface area contributed by atoms with Crippen LogP contribution in [0.4, 0.5) is 11.4 Å². The van der Waals surface area contributed by atoms with Crippen LogP contribution in [0.3, 0.4) is 0 Å². The van der Waals surface area contributed by atoms with Crippen LogP contribution < -0.4 is 11.3 Å². The molecule has 0 bridgehead atoms. The van der Waals surface area contributed by atoms with Crippen molar-refractivity contribution in [2.75, 3.05) is 5.43 Å². The highest BCUT2D eigenvalue weighted by Gasteiger charge is 2.13. The Labute approximate surface area is 127 Å². The Morgan fingerprint density at radius 3 is 2.67 bits per heavy atom. The van der Waals surface area contributed by atoms with Crippen LogP contribution in [0.5, 0.6) is 0 Å². The van der Waals surface area contributed by atoms with Crippen molar-refractivity contribution in [3.63, 3.8) is 0 Å². The molecule has 5 nitrogen and oxygen atoms in total. The van der Waals surface area contributed by atoms with Gasteiger partial charge in [0.05, 0.1) is 4.92 Å². The Kier molecular flexibility index (Phi) is 5.19. The summed E-state index contributed by atoms with van der Waals surface area (Å²) < 4.78 is 0. The third-order valence-corrected chi connectivity index (χ3v) is 4.25. The topological polar surface area (TPSA) is 81.2 Å². The van der Waals surface area contributed by atoms with Crippen molar-refractivity contribution in [3.05, 3.63) is 69.3 Å². The number of nitrogens with zero attached hydrogens (tertiary/aromatic N) is 1. The Morgan fingerprint density at radius 2 is 2.00 bits per heavy atom. The second-order valence-corrected chi connectivity index (χ2v) is 5.66. The van der Waals surface area contributed by atoms with Crippen LogP contribution in [0, 0.1) is 17.0 Å². The number of thioether (sulfide) groups is 1. The number of hydrazine groups is 1. The van der Waals surface area contributed by atoms with E-state index in [4.69, 9.17) is 5.84 Å². The minimum Gasteiger partial charge on any atom is -0.318 e. The highest BCUT2D eigenvalue weighted by molar-refractivity contribution is 7.97. The van der Waals surface area contributed by atoms with E-state index >= 15 is 0 Å². The molecule has 0 atom stereocenters. The van der Waals surface area contributed by atoms with Gasteiger partial charge in [-0.25, -0.2) is 0 Å². The van der Waals surface area contributed by atoms with E-state index in [0.717, 1.165) is 17.1 Å². The average Bonchev–Trinajstić information content (AvgIpc) is 2.48. The standard InChI is InChI=1S/C15H17N3O2S/c1-11-4-2-3-5-13(11)10-21-9-12-6-7-15(18(19)20)14(8-12)17-16/h2-8,17H,9-10,16H2,1H3. The van der Waals surface area contributed by atoms with E-state index in [0.29, 0.717) is 5.69 Å². The summed E-state index contributed by atoms with van der Waals surface area (Å²) in [5.74, 6) is 7.03. The SMILES string of the molecule is Cc1ccccc1CSCc1ccc([N+](=O)[O-])c(NN)c1. The molecule has 3 N–H and O–H groups in total. The molecule has 21 heavy (non-hydrogen) atoms. The normalized spacial score (nSPS) is 10.4. The summed E-state index contributed by atoms with van der Waals surface area (Å²) in [6.07, 6.45) is 0. The molecule has 0 aromatic heterocycles. The summed E-state index contributed by atoms with van der Waals surface area (Å²) in [5.41, 5.74) is 6.31. The van der Waals surface area contributed by atoms with Gasteiger partial charge in [0.2, 0.25) is 0 Å². The maximum absolute atomic E-state index is 10.8. The number of benzene rings is 2. The molecule has 0 amide bonds. The first-order chi connectivity index (χ1) is 10.1. The molecule has 0 aliphatic rings. The number of anilines is 1. The molecule has 0 heterocycles. The van der Waals surface area contributed by atoms with Crippen molar-refractivity contribution < 1.29 is 4.92 Å². The highest BCUT2D eigenvalue weighted by atomic mass is 32.2. The van der Waals surface area contributed by atoms with Gasteiger partial charge in [-0.3, -0.25) is 16.0 Å². The Hall–Kier alpha value is -2.05. The summed E-state index contributed by atoms with van der Waals surface area (Å²) >= 11 is 1.77. The van der Waals surface area contributed by atoms with E-state index < -0.39 is 4.92 Å². The number of nitrogens with two attached hydrogens (primary N) is 1. The van der Waals surface area contributed by atoms with Crippen LogP contribution in [-0.4, -0.2) is 4.92 Å². The summed E-state index contributed by atoms with van der Waals surface area (Å²) in [6.45, 7) is 2.10. The minimum absolute atomic E-state index is 0.00912. The molecular formula is C15H17N3O2S. The molecule has 2 aromatic carbocycles. The van der Waals surface area contributed by atoms with E-state index in [1.165, 1.54) is 17.2 Å². The molecule has 6 heteroatoms. The van der Waals surface area contributed by atoms with Crippen molar-refractivity contribution in [1.29, 1.82) is 0 Å². The zero-order valence-electron chi connectivity index (χ0n) is 11.7. The van der Waals surface area contributed by atoms with Crippen LogP contribution in [0.15, 0.2) is 42.5 Å². The van der Waals surface area contributed by atoms with Gasteiger partial charge >= 0.3 is 0 Å². The van der Waals surface area contributed by atoms with Crippen molar-refractivity contribution in [3.8, 4) is 0 Å². The van der Waals surface area contributed by atoms with Crippen LogP contribution in [-0.2, 0) is 11.5 Å². The second-order valence-electron chi connectivity index (χ2n) is 4.67. The smallest absolute Gasteiger partial charge is 0.293 e. The summed E-state index contributed by atoms with van der Waals surface area (Å²) in [7, 11) is 0. The van der Waals surface area contributed by atoms with Gasteiger partial charge in [-0.2, -0.15) is 11.8 Å². The number of nitro groups is 1. The zero-order valence-corrected chi connectivity index (χ0v) is 12.5. The number of rotatable bonds is 6. The number of nitro benzene ring substituents is 1. The molecule has 110 valence electrons. The second kappa shape index (κ2) is 7.10. The number of aryl methyl sites for hydroxylation is 1. The monoisotopic (exact) mass is 303 g/mol. The lowest BCUT2D eigenvalue weighted by Crippen LogP contribution is -2.09. The van der Waals surface area contributed by atoms with Crippen molar-refractivity contribution in [1.82, 2.24) is 0 Å². The lowest BCUT2D eigenvalue weighted by atomic mass is 10.1. The fraction of sp³-hybridized carbons (Fsp3) is 0.200. The van der Waals surface area contributed by atoms with E-state index in [9.17, 15) is 10.1 Å². The van der Waals surface area contributed by atoms with Gasteiger partial charge in [-0.05, 0) is 29.7 Å². The van der Waals surface area contributed by atoms with Crippen molar-refractivity contribution >= 4 is 23.1 Å². The molecule has 0 spiro atoms. The summed E-state index contributed by atoms with van der Waals surface area (Å²) in [5, 5.41) is 10.8. The van der Waals surface area contributed by atoms with E-state index in [-0.39, 0.29) is 5.69 Å². The predicted octanol–water partition coefficient (Wildman–Crippen LogP) is 3.62. The van der Waals surface area contributed by atoms with Crippen molar-refractivity contribution in [2.45, 2.75) is 18.4 Å². The van der Waals surface area contributed by atoms with Gasteiger partial charge in [0, 0.05) is 17.6 Å². The molecule has 2 rings (SSSR count). The van der Waals surface area contributed by atoms with Gasteiger partial charge in [0.1, 0.15) is 5.69 Å². The van der Waals surface area contributed by atoms with Gasteiger partial charge in [0.25, 0.3) is 5.69 Å². The molecule has 0 saturated heterocycles. The van der Waals surface area contributed by atoms with Crippen molar-refractivity contribution in [2.24, 2.45) is 5.84 Å². The fourth-order valence-corrected chi connectivity index (χ4v) is 3.06. The number of nitrogen functional groups attached to an aromatic ring is 1. The van der Waals surface area contributed by atoms with E-state index in [2.05, 4.69) is 24.5 Å². The van der Waals surface area contributed by atoms with E-state index in [1.807, 2.05) is 12.1 Å². The third-order valence-electron chi connectivity index (χ3n) is 3.20. The van der Waals surface area contributed by atoms with Crippen LogP contribution in [0.1, 0.15) is 16.7 Å². The molecular weight excluding hydrogens is 286 g/mol. The lowest BCUT2D eigenvalue weighted by Gasteiger charge is -2.07. The van der Waals surface area contributed by atoms with Gasteiger partial charge in [0.15, 0.2) is 0 Å². The zero-order chi connectivity index (χ0) is 15.2. The molecule has 0 saturated carbocycles. The largest absolute Gasteiger partial charge is 0.318 e. The molecule has 0 aliphatic heterocycles. The van der Waals surface area contributed by atoms with Gasteiger partial charge < -0.3 is 5.43 Å². The maximum Gasteiger partial charge on any atom is 0.293 e. The number of hydrogen-bond donors (Lipinski definition) is 2. The molecule has 0 unspecified atom stereocenters. The molecule has 0 radical (unpaired) electrons. The first-order valence-corrected chi connectivity index (χ1v) is 7.63. The summed E-state index contributed by atoms with van der Waals surface area (Å²) in [4.78, 5) is 10.4. The Balaban J connectivity index is 2.01. The van der Waals surface area contributed by atoms with Crippen LogP contribution in [0.25, 0.3) is 0 Å². The highest BCUT2D eigenvalue weighted by Crippen LogP contribution is 2.27. The Bertz CT molecular complexity index is 647. The predicted molar refractivity (Wildman–Crippen MR) is 87.1 cm³/mol. The first kappa shape index (κ1) is 15.3. The summed E-state index contributed by atoms with van der Waals surface area (Å²) in [6, 6.07) is 13.2. The minimum atomic E-state index is -0.445. The quantitative estimate of drug-likeness (QED) is 0.484. The van der Waals surface area contributed by atoms with Crippen LogP contribution in [0.2, 0.25) is 0 Å². The third kappa shape index (κ3) is 3.96. The fourth-order valence-electron chi connectivity index (χ4n) is 2.00.